The van der Waals surface area contributed by atoms with Crippen molar-refractivity contribution in [2.75, 3.05) is 27.3 Å². The van der Waals surface area contributed by atoms with Crippen molar-refractivity contribution in [1.82, 2.24) is 5.32 Å². The summed E-state index contributed by atoms with van der Waals surface area (Å²) in [6, 6.07) is 0. The second-order valence-electron chi connectivity index (χ2n) is 3.81. The monoisotopic (exact) mass is 599 g/mol. The van der Waals surface area contributed by atoms with Gasteiger partial charge in [0.2, 0.25) is 5.91 Å². The highest BCUT2D eigenvalue weighted by atomic mass is 128. The first-order chi connectivity index (χ1) is 12.5. The largest absolute Gasteiger partial charge is 0.354 e. The maximum atomic E-state index is 10.8. The van der Waals surface area contributed by atoms with Crippen LogP contribution in [-0.4, -0.2) is 59.3 Å². The highest BCUT2D eigenvalue weighted by Gasteiger charge is 2.06. The number of hydrogen-bond donors (Lipinski definition) is 2. The third-order valence-electron chi connectivity index (χ3n) is 1.34. The number of nitrogens with zero attached hydrogens (tertiary/aromatic N) is 3. The van der Waals surface area contributed by atoms with E-state index in [4.69, 9.17) is 20.1 Å². The highest BCUT2D eigenvalue weighted by Crippen LogP contribution is 1.89. The number of ether oxygens (including phenoxy) is 2. The number of nitrogens with one attached hydrogen (secondary N) is 2. The lowest BCUT2D eigenvalue weighted by Crippen LogP contribution is -2.35. The van der Waals surface area contributed by atoms with Crippen LogP contribution in [0.3, 0.4) is 0 Å². The van der Waals surface area contributed by atoms with Gasteiger partial charge in [0, 0.05) is 58.0 Å². The molecule has 2 N–H and O–H groups in total. The maximum Gasteiger partial charge on any atom is 0.241 e. The van der Waals surface area contributed by atoms with Crippen molar-refractivity contribution < 1.29 is 14.3 Å². The summed E-state index contributed by atoms with van der Waals surface area (Å²) in [6.07, 6.45) is 2.98. The van der Waals surface area contributed by atoms with Crippen LogP contribution >= 0.6 is 37.2 Å². The summed E-state index contributed by atoms with van der Waals surface area (Å²) in [5.41, 5.74) is 0. The minimum absolute atomic E-state index is 0.0696. The number of nitriles is 1. The van der Waals surface area contributed by atoms with Gasteiger partial charge < -0.3 is 14.8 Å². The Labute approximate surface area is 183 Å². The van der Waals surface area contributed by atoms with E-state index in [2.05, 4.69) is 100 Å². The number of rotatable bonds is 7. The highest BCUT2D eigenvalue weighted by molar-refractivity contribution is 15.0. The Kier molecular flexibility index (Phi) is 87.0. The molecular weight excluding hydrogens is 564 g/mol. The number of hydrogen-bond acceptors (Lipinski definition) is 6. The Hall–Kier alpha value is -0.650. The summed E-state index contributed by atoms with van der Waals surface area (Å²) in [4.78, 5) is 17.3. The first-order valence-corrected chi connectivity index (χ1v) is 13.9. The molecule has 0 aromatic carbocycles. The lowest BCUT2D eigenvalue weighted by molar-refractivity contribution is -0.126. The Morgan fingerprint density at radius 2 is 1.50 bits per heavy atom. The maximum absolute atomic E-state index is 10.8. The molecule has 0 radical (unpaired) electrons. The lowest BCUT2D eigenvalue weighted by Gasteiger charge is -2.13. The average Bonchev–Trinajstić information content (AvgIpc) is 2.67. The van der Waals surface area contributed by atoms with Gasteiger partial charge in [-0.05, 0) is 13.4 Å². The third kappa shape index (κ3) is 76.5. The molecule has 0 aromatic rings. The average molecular weight is 599 g/mol. The van der Waals surface area contributed by atoms with Crippen LogP contribution < -0.4 is 5.32 Å². The lowest BCUT2D eigenvalue weighted by atomic mass is 10.5. The van der Waals surface area contributed by atoms with Gasteiger partial charge in [0.15, 0.2) is 6.29 Å². The summed E-state index contributed by atoms with van der Waals surface area (Å²) < 4.78 is 9.69. The van der Waals surface area contributed by atoms with Crippen LogP contribution in [-0.2, 0) is 14.3 Å². The molecule has 0 bridgehead atoms. The van der Waals surface area contributed by atoms with E-state index < -0.39 is 6.29 Å². The van der Waals surface area contributed by atoms with Crippen molar-refractivity contribution in [3.63, 3.8) is 0 Å². The van der Waals surface area contributed by atoms with E-state index in [0.717, 1.165) is 6.34 Å². The summed E-state index contributed by atoms with van der Waals surface area (Å²) in [5.74, 6) is -0.191. The Balaban J connectivity index is -0.0000000590. The van der Waals surface area contributed by atoms with E-state index >= 15 is 0 Å². The molecule has 10 heteroatoms. The fourth-order valence-corrected chi connectivity index (χ4v) is 0.618. The summed E-state index contributed by atoms with van der Waals surface area (Å²) >= 11 is 4.24. The predicted octanol–water partition coefficient (Wildman–Crippen LogP) is 4.46. The van der Waals surface area contributed by atoms with Crippen molar-refractivity contribution in [3.05, 3.63) is 0 Å². The molecule has 0 fully saturated rings. The molecule has 0 spiro atoms. The predicted molar refractivity (Wildman–Crippen MR) is 130 cm³/mol. The molecular formula is C16H35I2N5O3. The van der Waals surface area contributed by atoms with E-state index in [9.17, 15) is 4.79 Å². The normalized spacial score (nSPS) is 7.04. The second kappa shape index (κ2) is 56.3. The van der Waals surface area contributed by atoms with Gasteiger partial charge in [-0.2, -0.15) is 0 Å². The number of carbonyl (C=O) groups is 1. The number of amides is 1. The first kappa shape index (κ1) is 40.1. The number of halogens is 2. The van der Waals surface area contributed by atoms with Crippen LogP contribution in [0.2, 0.25) is 0 Å². The van der Waals surface area contributed by atoms with Crippen molar-refractivity contribution in [2.24, 2.45) is 9.98 Å². The molecule has 0 aliphatic carbocycles. The number of carbonyl (C=O) groups excluding carboxylic acids is 1. The molecule has 0 aromatic heterocycles. The summed E-state index contributed by atoms with van der Waals surface area (Å²) in [6.45, 7) is 18.6. The summed E-state index contributed by atoms with van der Waals surface area (Å²) in [7, 11) is 3.01. The van der Waals surface area contributed by atoms with E-state index in [1.165, 1.54) is 27.1 Å². The van der Waals surface area contributed by atoms with Crippen LogP contribution in [0, 0.1) is 17.2 Å². The zero-order valence-electron chi connectivity index (χ0n) is 16.8. The van der Waals surface area contributed by atoms with Gasteiger partial charge in [-0.25, -0.2) is 5.26 Å². The Morgan fingerprint density at radius 1 is 1.19 bits per heavy atom. The molecule has 0 heterocycles. The molecule has 156 valence electrons. The van der Waals surface area contributed by atoms with Gasteiger partial charge in [-0.3, -0.25) is 20.2 Å². The fourth-order valence-electron chi connectivity index (χ4n) is 0.618. The topological polar surface area (TPSA) is 120 Å². The van der Waals surface area contributed by atoms with Gasteiger partial charge in [0.1, 0.15) is 12.9 Å². The molecule has 8 nitrogen and oxygen atoms in total. The van der Waals surface area contributed by atoms with Gasteiger partial charge in [-0.1, -0.05) is 40.5 Å². The molecule has 0 aliphatic rings. The first-order valence-electron chi connectivity index (χ1n) is 7.58. The van der Waals surface area contributed by atoms with Crippen LogP contribution in [0.15, 0.2) is 9.98 Å². The Morgan fingerprint density at radius 3 is 1.69 bits per heavy atom. The van der Waals surface area contributed by atoms with Gasteiger partial charge >= 0.3 is 0 Å². The van der Waals surface area contributed by atoms with Crippen molar-refractivity contribution in [3.8, 4) is 6.57 Å². The fraction of sp³-hybridized carbons (Fsp3) is 0.688. The minimum Gasteiger partial charge on any atom is -0.354 e. The van der Waals surface area contributed by atoms with Gasteiger partial charge in [0.25, 0.3) is 0 Å². The molecule has 0 saturated heterocycles. The molecule has 0 aliphatic heterocycles. The zero-order valence-corrected chi connectivity index (χ0v) is 21.1. The van der Waals surface area contributed by atoms with Crippen molar-refractivity contribution in [2.45, 2.75) is 46.8 Å². The van der Waals surface area contributed by atoms with Gasteiger partial charge in [0.05, 0.1) is 6.54 Å². The van der Waals surface area contributed by atoms with E-state index in [1.807, 2.05) is 0 Å². The molecule has 0 rings (SSSR count). The van der Waals surface area contributed by atoms with Crippen LogP contribution in [0.4, 0.5) is 0 Å². The SMILES string of the molecule is C#N.C=NC=N.C=NCC(=O)NCC(OC)OC.CCC.CCC.II. The van der Waals surface area contributed by atoms with Crippen molar-refractivity contribution in [1.29, 1.82) is 10.7 Å². The van der Waals surface area contributed by atoms with Crippen LogP contribution in [0.1, 0.15) is 40.5 Å². The molecule has 1 amide bonds. The van der Waals surface area contributed by atoms with Crippen LogP contribution in [0.5, 0.6) is 0 Å². The van der Waals surface area contributed by atoms with E-state index in [-0.39, 0.29) is 12.5 Å². The van der Waals surface area contributed by atoms with Crippen LogP contribution in [0.25, 0.3) is 0 Å². The number of aliphatic imine (C=N–C) groups is 2. The zero-order chi connectivity index (χ0) is 22.2. The van der Waals surface area contributed by atoms with E-state index in [0.29, 0.717) is 6.54 Å². The molecule has 0 unspecified atom stereocenters. The minimum atomic E-state index is -0.404. The van der Waals surface area contributed by atoms with E-state index in [1.54, 1.807) is 0 Å². The molecule has 0 saturated carbocycles. The Bertz CT molecular complexity index is 282. The molecule has 26 heavy (non-hydrogen) atoms. The number of methoxy groups -OCH3 is 2. The quantitative estimate of drug-likeness (QED) is 0.194. The molecule has 0 atom stereocenters. The van der Waals surface area contributed by atoms with Gasteiger partial charge in [-0.15, -0.1) is 0 Å². The summed E-state index contributed by atoms with van der Waals surface area (Å²) in [5, 5.41) is 15.2. The second-order valence-corrected chi connectivity index (χ2v) is 3.81. The third-order valence-corrected chi connectivity index (χ3v) is 1.34. The standard InChI is InChI=1S/C7H14N2O3.2C3H8.C2H4N2.CHN.I2/c1-8-4-6(10)9-5-7(11-2)12-3;2*1-3-2;1-4-2-3;2*1-2/h7H,1,4-5H2,2-3H3,(H,9,10);2*3H2,1-2H3;2-3H,1H2;1H;. The van der Waals surface area contributed by atoms with Crippen molar-refractivity contribution >= 4 is 62.9 Å². The smallest absolute Gasteiger partial charge is 0.241 e.